The van der Waals surface area contributed by atoms with Crippen molar-refractivity contribution in [3.63, 3.8) is 0 Å². The molecule has 180 valence electrons. The lowest BCUT2D eigenvalue weighted by Gasteiger charge is -2.40. The number of nitrogens with zero attached hydrogens (tertiary/aromatic N) is 4. The summed E-state index contributed by atoms with van der Waals surface area (Å²) in [6.45, 7) is 7.60. The topological polar surface area (TPSA) is 63.1 Å². The summed E-state index contributed by atoms with van der Waals surface area (Å²) in [6.07, 6.45) is 10.5. The fourth-order valence-corrected chi connectivity index (χ4v) is 7.40. The van der Waals surface area contributed by atoms with Crippen molar-refractivity contribution in [2.24, 2.45) is 5.92 Å². The quantitative estimate of drug-likeness (QED) is 0.564. The van der Waals surface area contributed by atoms with Gasteiger partial charge in [0.15, 0.2) is 0 Å². The number of carbonyl (C=O) groups excluding carboxylic acids is 1. The summed E-state index contributed by atoms with van der Waals surface area (Å²) >= 11 is 1.77. The van der Waals surface area contributed by atoms with Crippen LogP contribution in [0.1, 0.15) is 106 Å². The average molecular weight is 470 g/mol. The Labute approximate surface area is 202 Å². The van der Waals surface area contributed by atoms with E-state index in [0.29, 0.717) is 24.0 Å². The van der Waals surface area contributed by atoms with Gasteiger partial charge >= 0.3 is 0 Å². The van der Waals surface area contributed by atoms with Crippen molar-refractivity contribution < 1.29 is 4.79 Å². The van der Waals surface area contributed by atoms with Crippen molar-refractivity contribution in [2.45, 2.75) is 109 Å². The molecular formula is C26H39N5OS. The fraction of sp³-hybridized carbons (Fsp3) is 0.731. The lowest BCUT2D eigenvalue weighted by molar-refractivity contribution is -0.125. The van der Waals surface area contributed by atoms with E-state index < -0.39 is 0 Å². The van der Waals surface area contributed by atoms with Gasteiger partial charge in [-0.15, -0.1) is 21.5 Å². The number of thiophene rings is 1. The molecule has 7 heteroatoms. The van der Waals surface area contributed by atoms with Gasteiger partial charge in [-0.05, 0) is 63.3 Å². The summed E-state index contributed by atoms with van der Waals surface area (Å²) in [6, 6.07) is 6.21. The fourth-order valence-electron chi connectivity index (χ4n) is 6.58. The van der Waals surface area contributed by atoms with E-state index in [-0.39, 0.29) is 17.9 Å². The Balaban J connectivity index is 1.24. The van der Waals surface area contributed by atoms with Gasteiger partial charge in [-0.3, -0.25) is 9.69 Å². The van der Waals surface area contributed by atoms with Crippen molar-refractivity contribution in [3.05, 3.63) is 34.0 Å². The van der Waals surface area contributed by atoms with Crippen LogP contribution in [-0.4, -0.2) is 44.2 Å². The number of carbonyl (C=O) groups is 1. The minimum atomic E-state index is 0.142. The summed E-state index contributed by atoms with van der Waals surface area (Å²) in [4.78, 5) is 17.0. The summed E-state index contributed by atoms with van der Waals surface area (Å²) in [5, 5.41) is 14.5. The molecule has 1 aliphatic carbocycles. The predicted octanol–water partition coefficient (Wildman–Crippen LogP) is 5.38. The minimum Gasteiger partial charge on any atom is -0.348 e. The highest BCUT2D eigenvalue weighted by molar-refractivity contribution is 7.10. The van der Waals surface area contributed by atoms with Crippen LogP contribution in [0.25, 0.3) is 0 Å². The van der Waals surface area contributed by atoms with E-state index in [9.17, 15) is 4.79 Å². The number of hydrogen-bond acceptors (Lipinski definition) is 5. The molecule has 2 saturated heterocycles. The van der Waals surface area contributed by atoms with Gasteiger partial charge < -0.3 is 9.88 Å². The zero-order valence-corrected chi connectivity index (χ0v) is 21.2. The van der Waals surface area contributed by atoms with E-state index in [1.807, 2.05) is 0 Å². The van der Waals surface area contributed by atoms with E-state index in [2.05, 4.69) is 63.3 Å². The molecule has 2 aliphatic heterocycles. The minimum absolute atomic E-state index is 0.142. The van der Waals surface area contributed by atoms with Crippen LogP contribution in [0, 0.1) is 12.8 Å². The van der Waals surface area contributed by atoms with Gasteiger partial charge in [0.1, 0.15) is 11.6 Å². The molecule has 0 spiro atoms. The van der Waals surface area contributed by atoms with Gasteiger partial charge in [0.05, 0.1) is 6.04 Å². The molecule has 0 aromatic carbocycles. The molecule has 4 heterocycles. The Bertz CT molecular complexity index is 919. The second kappa shape index (κ2) is 9.87. The molecule has 1 N–H and O–H groups in total. The number of nitrogens with one attached hydrogen (secondary N) is 1. The maximum absolute atomic E-state index is 12.9. The van der Waals surface area contributed by atoms with Crippen LogP contribution in [0.15, 0.2) is 17.5 Å². The zero-order chi connectivity index (χ0) is 22.9. The molecule has 2 bridgehead atoms. The highest BCUT2D eigenvalue weighted by Crippen LogP contribution is 2.42. The number of aromatic nitrogens is 3. The van der Waals surface area contributed by atoms with Gasteiger partial charge in [-0.1, -0.05) is 32.8 Å². The Morgan fingerprint density at radius 3 is 2.48 bits per heavy atom. The van der Waals surface area contributed by atoms with Crippen LogP contribution in [0.5, 0.6) is 0 Å². The van der Waals surface area contributed by atoms with Gasteiger partial charge in [-0.25, -0.2) is 0 Å². The van der Waals surface area contributed by atoms with Gasteiger partial charge in [0.25, 0.3) is 0 Å². The summed E-state index contributed by atoms with van der Waals surface area (Å²) < 4.78 is 2.43. The Hall–Kier alpha value is -1.73. The molecule has 3 aliphatic rings. The maximum Gasteiger partial charge on any atom is 0.223 e. The highest BCUT2D eigenvalue weighted by Gasteiger charge is 2.42. The number of rotatable bonds is 8. The van der Waals surface area contributed by atoms with Crippen molar-refractivity contribution in [3.8, 4) is 0 Å². The summed E-state index contributed by atoms with van der Waals surface area (Å²) in [7, 11) is 0. The largest absolute Gasteiger partial charge is 0.348 e. The Morgan fingerprint density at radius 1 is 1.12 bits per heavy atom. The van der Waals surface area contributed by atoms with Crippen LogP contribution >= 0.6 is 11.3 Å². The first kappa shape index (κ1) is 23.0. The third-order valence-corrected chi connectivity index (χ3v) is 9.22. The number of piperidine rings is 1. The smallest absolute Gasteiger partial charge is 0.223 e. The molecule has 0 radical (unpaired) electrons. The summed E-state index contributed by atoms with van der Waals surface area (Å²) in [5.74, 6) is 3.09. The number of amides is 1. The highest BCUT2D eigenvalue weighted by atomic mass is 32.1. The van der Waals surface area contributed by atoms with Crippen molar-refractivity contribution in [2.75, 3.05) is 6.54 Å². The first-order valence-corrected chi connectivity index (χ1v) is 13.9. The monoisotopic (exact) mass is 469 g/mol. The number of fused-ring (bicyclic) bond motifs is 2. The Kier molecular flexibility index (Phi) is 6.89. The number of aryl methyl sites for hydroxylation is 1. The molecule has 2 aromatic rings. The second-order valence-corrected chi connectivity index (χ2v) is 11.7. The van der Waals surface area contributed by atoms with Crippen LogP contribution in [0.4, 0.5) is 0 Å². The molecule has 6 nitrogen and oxygen atoms in total. The molecule has 5 rings (SSSR count). The van der Waals surface area contributed by atoms with Crippen molar-refractivity contribution in [1.29, 1.82) is 0 Å². The average Bonchev–Trinajstić information content (AvgIpc) is 3.59. The van der Waals surface area contributed by atoms with E-state index in [1.54, 1.807) is 11.3 Å². The Morgan fingerprint density at radius 2 is 1.85 bits per heavy atom. The molecule has 4 atom stereocenters. The lowest BCUT2D eigenvalue weighted by atomic mass is 9.95. The first-order valence-electron chi connectivity index (χ1n) is 13.0. The SMILES string of the molecule is Cc1nnc(C(C)C)n1[C@@H]1C[C@H]2CC[C@@H](C1)N2CC[C@H](NC(=O)C1CCCC1)c1cccs1. The lowest BCUT2D eigenvalue weighted by Crippen LogP contribution is -2.45. The normalized spacial score (nSPS) is 26.8. The summed E-state index contributed by atoms with van der Waals surface area (Å²) in [5.41, 5.74) is 0. The van der Waals surface area contributed by atoms with E-state index in [4.69, 9.17) is 0 Å². The first-order chi connectivity index (χ1) is 16.0. The molecule has 2 aromatic heterocycles. The molecular weight excluding hydrogens is 430 g/mol. The maximum atomic E-state index is 12.9. The van der Waals surface area contributed by atoms with Crippen LogP contribution in [0.2, 0.25) is 0 Å². The standard InChI is InChI=1S/C26H39N5OS/c1-17(2)25-29-28-18(3)31(25)22-15-20-10-11-21(16-22)30(20)13-12-23(24-9-6-14-33-24)27-26(32)19-7-4-5-8-19/h6,9,14,17,19-23H,4-5,7-8,10-13,15-16H2,1-3H3,(H,27,32)/t20-,21+,22-,23-/m0/s1. The second-order valence-electron chi connectivity index (χ2n) is 10.7. The zero-order valence-electron chi connectivity index (χ0n) is 20.4. The molecule has 1 amide bonds. The molecule has 3 fully saturated rings. The van der Waals surface area contributed by atoms with Crippen LogP contribution < -0.4 is 5.32 Å². The molecule has 0 unspecified atom stereocenters. The van der Waals surface area contributed by atoms with E-state index in [1.165, 1.54) is 43.4 Å². The van der Waals surface area contributed by atoms with E-state index >= 15 is 0 Å². The van der Waals surface area contributed by atoms with Crippen LogP contribution in [-0.2, 0) is 4.79 Å². The molecule has 1 saturated carbocycles. The van der Waals surface area contributed by atoms with Gasteiger partial charge in [-0.2, -0.15) is 0 Å². The van der Waals surface area contributed by atoms with E-state index in [0.717, 1.165) is 37.5 Å². The van der Waals surface area contributed by atoms with Crippen molar-refractivity contribution in [1.82, 2.24) is 25.0 Å². The third kappa shape index (κ3) is 4.76. The van der Waals surface area contributed by atoms with Gasteiger partial charge in [0, 0.05) is 41.4 Å². The third-order valence-electron chi connectivity index (χ3n) is 8.24. The van der Waals surface area contributed by atoms with Gasteiger partial charge in [0.2, 0.25) is 5.91 Å². The number of hydrogen-bond donors (Lipinski definition) is 1. The predicted molar refractivity (Wildman–Crippen MR) is 132 cm³/mol. The van der Waals surface area contributed by atoms with Crippen LogP contribution in [0.3, 0.4) is 0 Å². The van der Waals surface area contributed by atoms with Crippen molar-refractivity contribution >= 4 is 17.2 Å². The molecule has 33 heavy (non-hydrogen) atoms.